The second-order valence-electron chi connectivity index (χ2n) is 4.83. The predicted molar refractivity (Wildman–Crippen MR) is 67.6 cm³/mol. The molecule has 1 aliphatic carbocycles. The third kappa shape index (κ3) is 2.04. The van der Waals surface area contributed by atoms with Crippen molar-refractivity contribution in [3.8, 4) is 0 Å². The molecule has 3 rings (SSSR count). The Kier molecular flexibility index (Phi) is 2.88. The molecule has 0 aliphatic heterocycles. The fourth-order valence-electron chi connectivity index (χ4n) is 2.60. The third-order valence-corrected chi connectivity index (χ3v) is 3.53. The van der Waals surface area contributed by atoms with Crippen LogP contribution in [0.25, 0.3) is 0 Å². The summed E-state index contributed by atoms with van der Waals surface area (Å²) in [6.07, 6.45) is 5.00. The standard InChI is InChI=1S/C14H16FN3/c15-11-4-1-3-10(7-11)9-18-14-6-2-5-13(16)12(14)8-17-18/h1,3-4,7-8,13H,2,5-6,9,16H2. The number of rotatable bonds is 2. The molecule has 1 aromatic carbocycles. The van der Waals surface area contributed by atoms with E-state index in [1.165, 1.54) is 11.8 Å². The van der Waals surface area contributed by atoms with Crippen LogP contribution in [-0.2, 0) is 13.0 Å². The molecular formula is C14H16FN3. The Morgan fingerprint density at radius 2 is 2.33 bits per heavy atom. The number of hydrogen-bond acceptors (Lipinski definition) is 2. The highest BCUT2D eigenvalue weighted by atomic mass is 19.1. The van der Waals surface area contributed by atoms with Gasteiger partial charge in [0.1, 0.15) is 5.82 Å². The highest BCUT2D eigenvalue weighted by molar-refractivity contribution is 5.26. The van der Waals surface area contributed by atoms with Gasteiger partial charge < -0.3 is 5.73 Å². The van der Waals surface area contributed by atoms with Crippen LogP contribution in [0.5, 0.6) is 0 Å². The number of halogens is 1. The van der Waals surface area contributed by atoms with Crippen LogP contribution in [0, 0.1) is 5.82 Å². The van der Waals surface area contributed by atoms with E-state index in [4.69, 9.17) is 5.73 Å². The summed E-state index contributed by atoms with van der Waals surface area (Å²) in [4.78, 5) is 0. The summed E-state index contributed by atoms with van der Waals surface area (Å²) in [5.74, 6) is -0.203. The topological polar surface area (TPSA) is 43.8 Å². The summed E-state index contributed by atoms with van der Waals surface area (Å²) in [7, 11) is 0. The minimum absolute atomic E-state index is 0.106. The molecule has 0 radical (unpaired) electrons. The van der Waals surface area contributed by atoms with E-state index in [0.717, 1.165) is 30.4 Å². The molecule has 3 nitrogen and oxygen atoms in total. The van der Waals surface area contributed by atoms with Crippen molar-refractivity contribution in [3.63, 3.8) is 0 Å². The molecule has 1 aromatic heterocycles. The van der Waals surface area contributed by atoms with Crippen LogP contribution in [0.1, 0.15) is 35.7 Å². The molecule has 1 aliphatic rings. The number of hydrogen-bond donors (Lipinski definition) is 1. The Morgan fingerprint density at radius 1 is 1.44 bits per heavy atom. The monoisotopic (exact) mass is 245 g/mol. The maximum absolute atomic E-state index is 13.1. The van der Waals surface area contributed by atoms with Crippen molar-refractivity contribution in [3.05, 3.63) is 53.1 Å². The first-order valence-corrected chi connectivity index (χ1v) is 6.28. The molecule has 1 unspecified atom stereocenters. The molecule has 2 aromatic rings. The van der Waals surface area contributed by atoms with Crippen molar-refractivity contribution >= 4 is 0 Å². The number of aromatic nitrogens is 2. The maximum Gasteiger partial charge on any atom is 0.123 e. The van der Waals surface area contributed by atoms with Crippen LogP contribution < -0.4 is 5.73 Å². The van der Waals surface area contributed by atoms with E-state index in [2.05, 4.69) is 5.10 Å². The van der Waals surface area contributed by atoms with Crippen LogP contribution in [0.2, 0.25) is 0 Å². The lowest BCUT2D eigenvalue weighted by atomic mass is 9.94. The van der Waals surface area contributed by atoms with E-state index in [1.807, 2.05) is 16.9 Å². The third-order valence-electron chi connectivity index (χ3n) is 3.53. The van der Waals surface area contributed by atoms with E-state index < -0.39 is 0 Å². The lowest BCUT2D eigenvalue weighted by Crippen LogP contribution is -2.18. The summed E-state index contributed by atoms with van der Waals surface area (Å²) < 4.78 is 15.1. The highest BCUT2D eigenvalue weighted by Crippen LogP contribution is 2.27. The van der Waals surface area contributed by atoms with E-state index in [0.29, 0.717) is 6.54 Å². The molecule has 0 amide bonds. The second kappa shape index (κ2) is 4.53. The fourth-order valence-corrected chi connectivity index (χ4v) is 2.60. The molecule has 4 heteroatoms. The van der Waals surface area contributed by atoms with Gasteiger partial charge in [-0.3, -0.25) is 4.68 Å². The largest absolute Gasteiger partial charge is 0.324 e. The zero-order chi connectivity index (χ0) is 12.5. The van der Waals surface area contributed by atoms with Crippen molar-refractivity contribution < 1.29 is 4.39 Å². The van der Waals surface area contributed by atoms with E-state index in [1.54, 1.807) is 12.1 Å². The summed E-state index contributed by atoms with van der Waals surface area (Å²) in [5, 5.41) is 4.39. The summed E-state index contributed by atoms with van der Waals surface area (Å²) in [5.41, 5.74) is 9.35. The van der Waals surface area contributed by atoms with Crippen molar-refractivity contribution in [2.75, 3.05) is 0 Å². The van der Waals surface area contributed by atoms with Crippen molar-refractivity contribution in [2.45, 2.75) is 31.8 Å². The first kappa shape index (κ1) is 11.4. The summed E-state index contributed by atoms with van der Waals surface area (Å²) >= 11 is 0. The molecule has 1 atom stereocenters. The van der Waals surface area contributed by atoms with Gasteiger partial charge in [0.2, 0.25) is 0 Å². The van der Waals surface area contributed by atoms with Crippen molar-refractivity contribution in [1.82, 2.24) is 9.78 Å². The van der Waals surface area contributed by atoms with E-state index in [-0.39, 0.29) is 11.9 Å². The molecular weight excluding hydrogens is 229 g/mol. The minimum atomic E-state index is -0.203. The van der Waals surface area contributed by atoms with Crippen molar-refractivity contribution in [2.24, 2.45) is 5.73 Å². The number of benzene rings is 1. The second-order valence-corrected chi connectivity index (χ2v) is 4.83. The Balaban J connectivity index is 1.90. The van der Waals surface area contributed by atoms with Crippen LogP contribution in [0.4, 0.5) is 4.39 Å². The van der Waals surface area contributed by atoms with Gasteiger partial charge in [0.15, 0.2) is 0 Å². The normalized spacial score (nSPS) is 18.7. The summed E-state index contributed by atoms with van der Waals surface area (Å²) in [6, 6.07) is 6.76. The minimum Gasteiger partial charge on any atom is -0.324 e. The maximum atomic E-state index is 13.1. The molecule has 1 heterocycles. The number of fused-ring (bicyclic) bond motifs is 1. The van der Waals surface area contributed by atoms with Gasteiger partial charge in [-0.1, -0.05) is 12.1 Å². The van der Waals surface area contributed by atoms with Crippen LogP contribution in [0.15, 0.2) is 30.5 Å². The molecule has 0 fully saturated rings. The average Bonchev–Trinajstić information content (AvgIpc) is 2.74. The number of nitrogens with two attached hydrogens (primary N) is 1. The zero-order valence-electron chi connectivity index (χ0n) is 10.1. The zero-order valence-corrected chi connectivity index (χ0v) is 10.1. The van der Waals surface area contributed by atoms with Gasteiger partial charge in [-0.15, -0.1) is 0 Å². The van der Waals surface area contributed by atoms with E-state index in [9.17, 15) is 4.39 Å². The fraction of sp³-hybridized carbons (Fsp3) is 0.357. The predicted octanol–water partition coefficient (Wildman–Crippen LogP) is 2.41. The Bertz CT molecular complexity index is 562. The van der Waals surface area contributed by atoms with Gasteiger partial charge in [-0.25, -0.2) is 4.39 Å². The highest BCUT2D eigenvalue weighted by Gasteiger charge is 2.21. The van der Waals surface area contributed by atoms with Crippen molar-refractivity contribution in [1.29, 1.82) is 0 Å². The molecule has 0 spiro atoms. The van der Waals surface area contributed by atoms with Gasteiger partial charge in [0.25, 0.3) is 0 Å². The summed E-state index contributed by atoms with van der Waals surface area (Å²) in [6.45, 7) is 0.611. The molecule has 18 heavy (non-hydrogen) atoms. The lowest BCUT2D eigenvalue weighted by Gasteiger charge is -2.19. The molecule has 0 saturated heterocycles. The van der Waals surface area contributed by atoms with Gasteiger partial charge >= 0.3 is 0 Å². The first-order chi connectivity index (χ1) is 8.74. The van der Waals surface area contributed by atoms with Gasteiger partial charge in [0.05, 0.1) is 12.7 Å². The molecule has 0 saturated carbocycles. The van der Waals surface area contributed by atoms with Crippen LogP contribution in [-0.4, -0.2) is 9.78 Å². The van der Waals surface area contributed by atoms with Crippen LogP contribution in [0.3, 0.4) is 0 Å². The molecule has 94 valence electrons. The van der Waals surface area contributed by atoms with E-state index >= 15 is 0 Å². The first-order valence-electron chi connectivity index (χ1n) is 6.28. The SMILES string of the molecule is NC1CCCc2c1cnn2Cc1cccc(F)c1. The van der Waals surface area contributed by atoms with Gasteiger partial charge in [0, 0.05) is 17.3 Å². The quantitative estimate of drug-likeness (QED) is 0.883. The Hall–Kier alpha value is -1.68. The average molecular weight is 245 g/mol. The van der Waals surface area contributed by atoms with Crippen LogP contribution >= 0.6 is 0 Å². The molecule has 0 bridgehead atoms. The molecule has 2 N–H and O–H groups in total. The Morgan fingerprint density at radius 3 is 3.17 bits per heavy atom. The Labute approximate surface area is 105 Å². The van der Waals surface area contributed by atoms with Gasteiger partial charge in [-0.2, -0.15) is 5.10 Å². The smallest absolute Gasteiger partial charge is 0.123 e. The van der Waals surface area contributed by atoms with Gasteiger partial charge in [-0.05, 0) is 37.0 Å². The number of nitrogens with zero attached hydrogens (tertiary/aromatic N) is 2. The lowest BCUT2D eigenvalue weighted by molar-refractivity contribution is 0.536.